The molecule has 10 nitrogen and oxygen atoms in total. The number of likely N-dealkylation sites (N-methyl/N-ethyl adjacent to an activating group) is 1. The highest BCUT2D eigenvalue weighted by molar-refractivity contribution is 7.92. The predicted octanol–water partition coefficient (Wildman–Crippen LogP) is 4.31. The van der Waals surface area contributed by atoms with Crippen LogP contribution in [0.25, 0.3) is 0 Å². The molecule has 0 aliphatic heterocycles. The number of hydrogen-bond acceptors (Lipinski definition) is 7. The van der Waals surface area contributed by atoms with Gasteiger partial charge in [0.2, 0.25) is 10.0 Å². The van der Waals surface area contributed by atoms with Gasteiger partial charge in [-0.05, 0) is 55.7 Å². The number of furan rings is 1. The number of aliphatic hydroxyl groups is 1. The second-order valence-electron chi connectivity index (χ2n) is 11.2. The summed E-state index contributed by atoms with van der Waals surface area (Å²) in [4.78, 5) is 29.0. The van der Waals surface area contributed by atoms with Crippen LogP contribution in [0.1, 0.15) is 50.6 Å². The van der Waals surface area contributed by atoms with Crippen molar-refractivity contribution in [3.63, 3.8) is 0 Å². The number of nitrogens with one attached hydrogen (secondary N) is 2. The second kappa shape index (κ2) is 14.4. The fourth-order valence-corrected chi connectivity index (χ4v) is 5.37. The number of amides is 2. The van der Waals surface area contributed by atoms with E-state index in [0.717, 1.165) is 27.4 Å². The van der Waals surface area contributed by atoms with Crippen LogP contribution >= 0.6 is 0 Å². The summed E-state index contributed by atoms with van der Waals surface area (Å²) < 4.78 is 31.6. The Bertz CT molecular complexity index is 1710. The third kappa shape index (κ3) is 8.96. The molecule has 4 aromatic rings. The van der Waals surface area contributed by atoms with Crippen molar-refractivity contribution in [1.29, 1.82) is 0 Å². The molecule has 0 aliphatic carbocycles. The average molecular weight is 633 g/mol. The number of aryl methyl sites for hydroxylation is 1. The molecule has 0 unspecified atom stereocenters. The van der Waals surface area contributed by atoms with Crippen LogP contribution < -0.4 is 19.8 Å². The lowest BCUT2D eigenvalue weighted by Gasteiger charge is -2.28. The first-order chi connectivity index (χ1) is 21.3. The number of sulfonamides is 1. The van der Waals surface area contributed by atoms with Crippen LogP contribution in [-0.4, -0.2) is 64.4 Å². The molecule has 0 bridgehead atoms. The van der Waals surface area contributed by atoms with Gasteiger partial charge in [0.05, 0.1) is 30.1 Å². The highest BCUT2D eigenvalue weighted by Crippen LogP contribution is 2.23. The summed E-state index contributed by atoms with van der Waals surface area (Å²) in [6.07, 6.45) is 0.352. The molecule has 0 spiro atoms. The summed E-state index contributed by atoms with van der Waals surface area (Å²) in [7, 11) is -0.564. The first-order valence-electron chi connectivity index (χ1n) is 14.6. The summed E-state index contributed by atoms with van der Waals surface area (Å²) in [5, 5.41) is 17.2. The van der Waals surface area contributed by atoms with Crippen molar-refractivity contribution in [3.05, 3.63) is 119 Å². The number of carbonyl (C=O) groups excluding carboxylic acids is 2. The number of anilines is 2. The Kier molecular flexibility index (Phi) is 10.7. The van der Waals surface area contributed by atoms with Gasteiger partial charge in [0.25, 0.3) is 11.8 Å². The van der Waals surface area contributed by atoms with Crippen LogP contribution in [0.3, 0.4) is 0 Å². The van der Waals surface area contributed by atoms with Gasteiger partial charge in [0.1, 0.15) is 5.76 Å². The van der Waals surface area contributed by atoms with Crippen molar-refractivity contribution in [2.45, 2.75) is 38.5 Å². The second-order valence-corrected chi connectivity index (χ2v) is 13.2. The van der Waals surface area contributed by atoms with Gasteiger partial charge in [0.15, 0.2) is 5.88 Å². The van der Waals surface area contributed by atoms with Gasteiger partial charge >= 0.3 is 0 Å². The van der Waals surface area contributed by atoms with Gasteiger partial charge in [-0.15, -0.1) is 0 Å². The maximum Gasteiger partial charge on any atom is 0.251 e. The van der Waals surface area contributed by atoms with Crippen molar-refractivity contribution in [2.24, 2.45) is 0 Å². The van der Waals surface area contributed by atoms with E-state index in [1.807, 2.05) is 86.6 Å². The van der Waals surface area contributed by atoms with E-state index in [1.54, 1.807) is 11.9 Å². The minimum atomic E-state index is -3.71. The first-order valence-corrected chi connectivity index (χ1v) is 16.4. The van der Waals surface area contributed by atoms with E-state index >= 15 is 0 Å². The van der Waals surface area contributed by atoms with Gasteiger partial charge in [0, 0.05) is 37.8 Å². The molecule has 45 heavy (non-hydrogen) atoms. The largest absolute Gasteiger partial charge is 0.446 e. The van der Waals surface area contributed by atoms with Gasteiger partial charge in [-0.3, -0.25) is 13.9 Å². The predicted molar refractivity (Wildman–Crippen MR) is 176 cm³/mol. The third-order valence-corrected chi connectivity index (χ3v) is 8.80. The van der Waals surface area contributed by atoms with E-state index < -0.39 is 34.0 Å². The molecule has 238 valence electrons. The van der Waals surface area contributed by atoms with Crippen LogP contribution in [-0.2, 0) is 16.4 Å². The molecule has 3 aromatic carbocycles. The summed E-state index contributed by atoms with van der Waals surface area (Å²) in [6.45, 7) is 3.83. The van der Waals surface area contributed by atoms with E-state index in [1.165, 1.54) is 25.2 Å². The molecular formula is C34H40N4O6S. The summed E-state index contributed by atoms with van der Waals surface area (Å²) in [5.74, 6) is 0.270. The maximum atomic E-state index is 13.8. The smallest absolute Gasteiger partial charge is 0.251 e. The Morgan fingerprint density at radius 2 is 1.44 bits per heavy atom. The van der Waals surface area contributed by atoms with E-state index in [9.17, 15) is 23.1 Å². The fraction of sp³-hybridized carbons (Fsp3) is 0.294. The van der Waals surface area contributed by atoms with Gasteiger partial charge in [-0.2, -0.15) is 0 Å². The molecule has 0 aliphatic rings. The monoisotopic (exact) mass is 632 g/mol. The lowest BCUT2D eigenvalue weighted by molar-refractivity contribution is 0.0842. The fourth-order valence-electron chi connectivity index (χ4n) is 4.88. The molecule has 11 heteroatoms. The molecule has 1 aromatic heterocycles. The van der Waals surface area contributed by atoms with Crippen LogP contribution in [0.4, 0.5) is 11.6 Å². The Morgan fingerprint density at radius 3 is 2.00 bits per heavy atom. The zero-order valence-corrected chi connectivity index (χ0v) is 26.9. The summed E-state index contributed by atoms with van der Waals surface area (Å²) >= 11 is 0. The number of hydrogen-bond donors (Lipinski definition) is 3. The molecule has 1 heterocycles. The Morgan fingerprint density at radius 1 is 0.867 bits per heavy atom. The highest BCUT2D eigenvalue weighted by Gasteiger charge is 2.26. The average Bonchev–Trinajstić information content (AvgIpc) is 3.46. The number of aliphatic hydroxyl groups excluding tert-OH is 1. The SMILES string of the molecule is Cc1ccc(N(C)C[C@@H](O)[C@H](Cc2ccccc2)NC(=O)c2cc(C(=O)N[C@H](C)c3ccccc3)cc(N(C)S(C)(=O)=O)c2)o1. The first kappa shape index (κ1) is 33.3. The highest BCUT2D eigenvalue weighted by atomic mass is 32.2. The minimum absolute atomic E-state index is 0.0702. The summed E-state index contributed by atoms with van der Waals surface area (Å²) in [5.41, 5.74) is 2.13. The van der Waals surface area contributed by atoms with Crippen molar-refractivity contribution >= 4 is 33.4 Å². The van der Waals surface area contributed by atoms with Crippen molar-refractivity contribution in [3.8, 4) is 0 Å². The van der Waals surface area contributed by atoms with Gasteiger partial charge in [-0.25, -0.2) is 8.42 Å². The Balaban J connectivity index is 1.63. The molecule has 0 saturated heterocycles. The molecule has 3 atom stereocenters. The van der Waals surface area contributed by atoms with E-state index in [0.29, 0.717) is 12.3 Å². The lowest BCUT2D eigenvalue weighted by Crippen LogP contribution is -2.49. The van der Waals surface area contributed by atoms with Crippen molar-refractivity contribution in [2.75, 3.05) is 36.1 Å². The zero-order valence-electron chi connectivity index (χ0n) is 26.1. The van der Waals surface area contributed by atoms with Gasteiger partial charge in [-0.1, -0.05) is 60.7 Å². The van der Waals surface area contributed by atoms with Crippen LogP contribution in [0.2, 0.25) is 0 Å². The maximum absolute atomic E-state index is 13.8. The van der Waals surface area contributed by atoms with Crippen LogP contribution in [0.15, 0.2) is 95.4 Å². The Hall–Kier alpha value is -4.61. The third-order valence-electron chi connectivity index (χ3n) is 7.59. The molecule has 4 rings (SSSR count). The topological polar surface area (TPSA) is 132 Å². The van der Waals surface area contributed by atoms with Crippen molar-refractivity contribution in [1.82, 2.24) is 10.6 Å². The van der Waals surface area contributed by atoms with E-state index in [-0.39, 0.29) is 29.4 Å². The lowest BCUT2D eigenvalue weighted by atomic mass is 9.99. The number of benzene rings is 3. The molecule has 0 fully saturated rings. The number of nitrogens with zero attached hydrogens (tertiary/aromatic N) is 2. The molecular weight excluding hydrogens is 592 g/mol. The van der Waals surface area contributed by atoms with E-state index in [4.69, 9.17) is 4.42 Å². The normalized spacial score (nSPS) is 13.4. The van der Waals surface area contributed by atoms with Crippen LogP contribution in [0.5, 0.6) is 0 Å². The molecule has 2 amide bonds. The Labute approximate surface area is 264 Å². The number of rotatable bonds is 13. The standard InChI is InChI=1S/C34H40N4O6S/c1-23-16-17-32(44-23)37(3)22-31(39)30(18-25-12-8-6-9-13-25)36-34(41)28-19-27(20-29(21-28)38(4)45(5,42)43)33(40)35-24(2)26-14-10-7-11-15-26/h6-17,19-21,24,30-31,39H,18,22H2,1-5H3,(H,35,40)(H,36,41)/t24-,30+,31-/m1/s1. The van der Waals surface area contributed by atoms with Gasteiger partial charge < -0.3 is 25.1 Å². The van der Waals surface area contributed by atoms with E-state index in [2.05, 4.69) is 10.6 Å². The van der Waals surface area contributed by atoms with Crippen molar-refractivity contribution < 1.29 is 27.5 Å². The summed E-state index contributed by atoms with van der Waals surface area (Å²) in [6, 6.07) is 25.7. The molecule has 3 N–H and O–H groups in total. The molecule has 0 saturated carbocycles. The minimum Gasteiger partial charge on any atom is -0.446 e. The molecule has 0 radical (unpaired) electrons. The number of carbonyl (C=O) groups is 2. The quantitative estimate of drug-likeness (QED) is 0.200. The van der Waals surface area contributed by atoms with Crippen LogP contribution in [0, 0.1) is 6.92 Å². The zero-order chi connectivity index (χ0) is 32.7.